The molecular weight excluding hydrogens is 280 g/mol. The number of aryl methyl sites for hydroxylation is 2. The fourth-order valence-electron chi connectivity index (χ4n) is 2.34. The van der Waals surface area contributed by atoms with Gasteiger partial charge in [0.2, 0.25) is 5.91 Å². The van der Waals surface area contributed by atoms with Crippen LogP contribution >= 0.6 is 11.3 Å². The number of hydrogen-bond acceptors (Lipinski definition) is 3. The molecule has 0 aromatic carbocycles. The summed E-state index contributed by atoms with van der Waals surface area (Å²) in [5.74, 6) is 0.789. The third kappa shape index (κ3) is 3.91. The zero-order valence-corrected chi connectivity index (χ0v) is 13.1. The van der Waals surface area contributed by atoms with Crippen LogP contribution in [-0.2, 0) is 17.8 Å². The fraction of sp³-hybridized carbons (Fsp3) is 0.412. The van der Waals surface area contributed by atoms with Gasteiger partial charge in [-0.2, -0.15) is 0 Å². The van der Waals surface area contributed by atoms with Crippen LogP contribution in [0.4, 0.5) is 0 Å². The minimum Gasteiger partial charge on any atom is -0.352 e. The summed E-state index contributed by atoms with van der Waals surface area (Å²) >= 11 is 1.73. The number of thiophene rings is 1. The Labute approximate surface area is 129 Å². The maximum Gasteiger partial charge on any atom is 0.220 e. The second-order valence-corrected chi connectivity index (χ2v) is 6.67. The first kappa shape index (κ1) is 14.3. The van der Waals surface area contributed by atoms with Gasteiger partial charge < -0.3 is 5.32 Å². The molecule has 3 rings (SSSR count). The van der Waals surface area contributed by atoms with Gasteiger partial charge in [0.1, 0.15) is 0 Å². The number of aromatic nitrogens is 1. The third-order valence-electron chi connectivity index (χ3n) is 3.88. The Balaban J connectivity index is 1.43. The molecule has 0 bridgehead atoms. The summed E-state index contributed by atoms with van der Waals surface area (Å²) < 4.78 is 0. The van der Waals surface area contributed by atoms with Gasteiger partial charge in [-0.1, -0.05) is 6.07 Å². The van der Waals surface area contributed by atoms with E-state index < -0.39 is 0 Å². The zero-order chi connectivity index (χ0) is 14.7. The molecule has 1 fully saturated rings. The molecule has 0 unspecified atom stereocenters. The van der Waals surface area contributed by atoms with Crippen molar-refractivity contribution in [3.8, 4) is 0 Å². The van der Waals surface area contributed by atoms with Crippen molar-refractivity contribution in [3.63, 3.8) is 0 Å². The van der Waals surface area contributed by atoms with Crippen molar-refractivity contribution in [3.05, 3.63) is 51.5 Å². The number of rotatable bonds is 6. The van der Waals surface area contributed by atoms with Gasteiger partial charge in [-0.15, -0.1) is 11.3 Å². The predicted octanol–water partition coefficient (Wildman–Crippen LogP) is 3.58. The van der Waals surface area contributed by atoms with Crippen molar-refractivity contribution >= 4 is 17.2 Å². The van der Waals surface area contributed by atoms with E-state index in [0.29, 0.717) is 18.9 Å². The van der Waals surface area contributed by atoms with E-state index in [2.05, 4.69) is 40.8 Å². The van der Waals surface area contributed by atoms with E-state index in [-0.39, 0.29) is 5.91 Å². The highest BCUT2D eigenvalue weighted by Gasteiger charge is 2.24. The van der Waals surface area contributed by atoms with E-state index in [1.165, 1.54) is 29.0 Å². The highest BCUT2D eigenvalue weighted by molar-refractivity contribution is 7.10. The van der Waals surface area contributed by atoms with Crippen molar-refractivity contribution in [2.75, 3.05) is 0 Å². The molecule has 21 heavy (non-hydrogen) atoms. The standard InChI is InChI=1S/C17H20N2OS/c1-12-8-9-21-16(12)6-7-17(20)19-11-13-2-5-15(18-10-13)14-3-4-14/h2,5,8-10,14H,3-4,6-7,11H2,1H3,(H,19,20). The zero-order valence-electron chi connectivity index (χ0n) is 12.3. The Kier molecular flexibility index (Phi) is 4.34. The fourth-order valence-corrected chi connectivity index (χ4v) is 3.25. The van der Waals surface area contributed by atoms with Crippen molar-refractivity contribution in [1.82, 2.24) is 10.3 Å². The van der Waals surface area contributed by atoms with Crippen LogP contribution in [0.15, 0.2) is 29.8 Å². The Morgan fingerprint density at radius 2 is 2.24 bits per heavy atom. The quantitative estimate of drug-likeness (QED) is 0.886. The molecule has 110 valence electrons. The molecule has 0 atom stereocenters. The van der Waals surface area contributed by atoms with E-state index in [1.54, 1.807) is 11.3 Å². The lowest BCUT2D eigenvalue weighted by Gasteiger charge is -2.06. The molecule has 2 heterocycles. The molecule has 1 aliphatic carbocycles. The van der Waals surface area contributed by atoms with Gasteiger partial charge in [0, 0.05) is 35.7 Å². The highest BCUT2D eigenvalue weighted by atomic mass is 32.1. The summed E-state index contributed by atoms with van der Waals surface area (Å²) in [6.07, 6.45) is 5.80. The maximum atomic E-state index is 11.9. The van der Waals surface area contributed by atoms with Gasteiger partial charge in [0.05, 0.1) is 0 Å². The van der Waals surface area contributed by atoms with Crippen molar-refractivity contribution in [1.29, 1.82) is 0 Å². The molecule has 1 saturated carbocycles. The number of pyridine rings is 1. The van der Waals surface area contributed by atoms with Gasteiger partial charge in [-0.25, -0.2) is 0 Å². The molecule has 1 amide bonds. The third-order valence-corrected chi connectivity index (χ3v) is 4.96. The first-order valence-corrected chi connectivity index (χ1v) is 8.35. The number of amides is 1. The average molecular weight is 300 g/mol. The van der Waals surface area contributed by atoms with E-state index in [1.807, 2.05) is 6.20 Å². The second kappa shape index (κ2) is 6.39. The summed E-state index contributed by atoms with van der Waals surface area (Å²) in [5, 5.41) is 5.05. The van der Waals surface area contributed by atoms with Crippen LogP contribution in [0, 0.1) is 6.92 Å². The molecule has 0 aliphatic heterocycles. The van der Waals surface area contributed by atoms with Crippen LogP contribution < -0.4 is 5.32 Å². The van der Waals surface area contributed by atoms with Crippen LogP contribution in [0.5, 0.6) is 0 Å². The monoisotopic (exact) mass is 300 g/mol. The molecule has 4 heteroatoms. The minimum atomic E-state index is 0.106. The Morgan fingerprint density at radius 3 is 2.86 bits per heavy atom. The topological polar surface area (TPSA) is 42.0 Å². The molecule has 2 aromatic rings. The van der Waals surface area contributed by atoms with Crippen molar-refractivity contribution < 1.29 is 4.79 Å². The van der Waals surface area contributed by atoms with Gasteiger partial charge in [-0.3, -0.25) is 9.78 Å². The lowest BCUT2D eigenvalue weighted by Crippen LogP contribution is -2.23. The predicted molar refractivity (Wildman–Crippen MR) is 85.4 cm³/mol. The van der Waals surface area contributed by atoms with Crippen molar-refractivity contribution in [2.24, 2.45) is 0 Å². The van der Waals surface area contributed by atoms with Crippen LogP contribution in [0.3, 0.4) is 0 Å². The molecule has 0 radical (unpaired) electrons. The number of hydrogen-bond donors (Lipinski definition) is 1. The van der Waals surface area contributed by atoms with E-state index in [0.717, 1.165) is 12.0 Å². The van der Waals surface area contributed by atoms with Crippen LogP contribution in [0.25, 0.3) is 0 Å². The molecule has 0 spiro atoms. The molecule has 1 N–H and O–H groups in total. The Morgan fingerprint density at radius 1 is 1.38 bits per heavy atom. The summed E-state index contributed by atoms with van der Waals surface area (Å²) in [5.41, 5.74) is 3.55. The number of nitrogens with one attached hydrogen (secondary N) is 1. The first-order chi connectivity index (χ1) is 10.2. The summed E-state index contributed by atoms with van der Waals surface area (Å²) in [6.45, 7) is 2.66. The maximum absolute atomic E-state index is 11.9. The average Bonchev–Trinajstić information content (AvgIpc) is 3.27. The SMILES string of the molecule is Cc1ccsc1CCC(=O)NCc1ccc(C2CC2)nc1. The summed E-state index contributed by atoms with van der Waals surface area (Å²) in [7, 11) is 0. The van der Waals surface area contributed by atoms with Gasteiger partial charge in [0.15, 0.2) is 0 Å². The highest BCUT2D eigenvalue weighted by Crippen LogP contribution is 2.38. The lowest BCUT2D eigenvalue weighted by atomic mass is 10.2. The number of nitrogens with zero attached hydrogens (tertiary/aromatic N) is 1. The molecular formula is C17H20N2OS. The van der Waals surface area contributed by atoms with Crippen molar-refractivity contribution in [2.45, 2.75) is 45.1 Å². The minimum absolute atomic E-state index is 0.106. The normalized spacial score (nSPS) is 14.1. The number of carbonyl (C=O) groups is 1. The van der Waals surface area contributed by atoms with Crippen LogP contribution in [0.1, 0.15) is 46.9 Å². The Hall–Kier alpha value is -1.68. The second-order valence-electron chi connectivity index (χ2n) is 5.67. The lowest BCUT2D eigenvalue weighted by molar-refractivity contribution is -0.121. The number of carbonyl (C=O) groups excluding carboxylic acids is 1. The summed E-state index contributed by atoms with van der Waals surface area (Å²) in [4.78, 5) is 17.7. The molecule has 3 nitrogen and oxygen atoms in total. The Bertz CT molecular complexity index is 614. The molecule has 0 saturated heterocycles. The van der Waals surface area contributed by atoms with E-state index in [9.17, 15) is 4.79 Å². The molecule has 2 aromatic heterocycles. The largest absolute Gasteiger partial charge is 0.352 e. The van der Waals surface area contributed by atoms with Gasteiger partial charge >= 0.3 is 0 Å². The first-order valence-electron chi connectivity index (χ1n) is 7.47. The summed E-state index contributed by atoms with van der Waals surface area (Å²) in [6, 6.07) is 6.27. The van der Waals surface area contributed by atoms with E-state index in [4.69, 9.17) is 0 Å². The molecule has 1 aliphatic rings. The van der Waals surface area contributed by atoms with E-state index >= 15 is 0 Å². The van der Waals surface area contributed by atoms with Crippen LogP contribution in [0.2, 0.25) is 0 Å². The smallest absolute Gasteiger partial charge is 0.220 e. The van der Waals surface area contributed by atoms with Crippen LogP contribution in [-0.4, -0.2) is 10.9 Å². The van der Waals surface area contributed by atoms with Gasteiger partial charge in [-0.05, 0) is 54.8 Å². The van der Waals surface area contributed by atoms with Gasteiger partial charge in [0.25, 0.3) is 0 Å².